The first-order valence-electron chi connectivity index (χ1n) is 12.4. The molecule has 0 radical (unpaired) electrons. The highest BCUT2D eigenvalue weighted by Crippen LogP contribution is 2.28. The summed E-state index contributed by atoms with van der Waals surface area (Å²) in [7, 11) is 0. The van der Waals surface area contributed by atoms with Crippen LogP contribution < -0.4 is 9.64 Å². The number of ether oxygens (including phenoxy) is 1. The van der Waals surface area contributed by atoms with Gasteiger partial charge in [0.2, 0.25) is 5.91 Å². The number of para-hydroxylation sites is 2. The molecule has 3 aromatic rings. The molecule has 2 heterocycles. The van der Waals surface area contributed by atoms with Crippen molar-refractivity contribution in [2.24, 2.45) is 0 Å². The van der Waals surface area contributed by atoms with Gasteiger partial charge in [0.15, 0.2) is 0 Å². The molecule has 8 nitrogen and oxygen atoms in total. The maximum absolute atomic E-state index is 13.2. The zero-order valence-corrected chi connectivity index (χ0v) is 21.0. The molecule has 0 N–H and O–H groups in total. The Balaban J connectivity index is 1.37. The van der Waals surface area contributed by atoms with Crippen molar-refractivity contribution in [3.63, 3.8) is 0 Å². The lowest BCUT2D eigenvalue weighted by Gasteiger charge is -2.37. The number of rotatable bonds is 9. The minimum Gasteiger partial charge on any atom is -0.492 e. The van der Waals surface area contributed by atoms with Crippen LogP contribution in [0, 0.1) is 6.92 Å². The number of benzene rings is 2. The van der Waals surface area contributed by atoms with Crippen LogP contribution in [0.4, 0.5) is 5.69 Å². The van der Waals surface area contributed by atoms with Gasteiger partial charge >= 0.3 is 0 Å². The molecule has 8 heteroatoms. The lowest BCUT2D eigenvalue weighted by Crippen LogP contribution is -2.49. The molecule has 0 aliphatic carbocycles. The first-order chi connectivity index (χ1) is 17.5. The molecule has 1 aliphatic heterocycles. The summed E-state index contributed by atoms with van der Waals surface area (Å²) >= 11 is 0. The number of nitrogens with zero attached hydrogens (tertiary/aromatic N) is 5. The minimum atomic E-state index is -0.225. The van der Waals surface area contributed by atoms with Crippen molar-refractivity contribution in [3.05, 3.63) is 83.9 Å². The van der Waals surface area contributed by atoms with Gasteiger partial charge in [0.1, 0.15) is 11.4 Å². The Morgan fingerprint density at radius 1 is 0.944 bits per heavy atom. The Labute approximate surface area is 212 Å². The number of piperazine rings is 1. The summed E-state index contributed by atoms with van der Waals surface area (Å²) in [6.07, 6.45) is 3.34. The maximum Gasteiger partial charge on any atom is 0.274 e. The molecule has 36 heavy (non-hydrogen) atoms. The van der Waals surface area contributed by atoms with Crippen LogP contribution in [0.2, 0.25) is 0 Å². The van der Waals surface area contributed by atoms with Crippen molar-refractivity contribution < 1.29 is 14.3 Å². The predicted molar refractivity (Wildman–Crippen MR) is 139 cm³/mol. The van der Waals surface area contributed by atoms with Gasteiger partial charge in [-0.3, -0.25) is 14.6 Å². The second-order valence-corrected chi connectivity index (χ2v) is 8.77. The van der Waals surface area contributed by atoms with Gasteiger partial charge in [0.05, 0.1) is 24.2 Å². The number of aromatic nitrogens is 2. The minimum absolute atomic E-state index is 0.0496. The molecule has 0 spiro atoms. The van der Waals surface area contributed by atoms with E-state index < -0.39 is 0 Å². The van der Waals surface area contributed by atoms with Gasteiger partial charge < -0.3 is 19.4 Å². The van der Waals surface area contributed by atoms with Gasteiger partial charge in [-0.2, -0.15) is 0 Å². The van der Waals surface area contributed by atoms with Crippen LogP contribution in [-0.4, -0.2) is 70.9 Å². The molecule has 1 fully saturated rings. The molecule has 0 unspecified atom stereocenters. The van der Waals surface area contributed by atoms with Crippen LogP contribution in [0.5, 0.6) is 5.75 Å². The molecule has 1 aliphatic rings. The third kappa shape index (κ3) is 6.38. The van der Waals surface area contributed by atoms with Crippen molar-refractivity contribution >= 4 is 17.5 Å². The van der Waals surface area contributed by atoms with E-state index in [9.17, 15) is 9.59 Å². The van der Waals surface area contributed by atoms with E-state index in [1.807, 2.05) is 67.3 Å². The van der Waals surface area contributed by atoms with Crippen molar-refractivity contribution in [2.45, 2.75) is 26.8 Å². The SMILES string of the molecule is CCOc1ccccc1N1CCN(C(=O)CCN(Cc2ccccc2)C(=O)c2cnc(C)cn2)CC1. The largest absolute Gasteiger partial charge is 0.492 e. The summed E-state index contributed by atoms with van der Waals surface area (Å²) in [6, 6.07) is 17.8. The summed E-state index contributed by atoms with van der Waals surface area (Å²) in [5.74, 6) is 0.694. The van der Waals surface area contributed by atoms with E-state index in [1.54, 1.807) is 11.1 Å². The summed E-state index contributed by atoms with van der Waals surface area (Å²) < 4.78 is 5.77. The van der Waals surface area contributed by atoms with Gasteiger partial charge in [0.25, 0.3) is 5.91 Å². The first-order valence-corrected chi connectivity index (χ1v) is 12.4. The number of amides is 2. The average molecular weight is 488 g/mol. The second-order valence-electron chi connectivity index (χ2n) is 8.77. The van der Waals surface area contributed by atoms with E-state index in [0.717, 1.165) is 35.8 Å². The quantitative estimate of drug-likeness (QED) is 0.459. The maximum atomic E-state index is 13.2. The molecule has 1 saturated heterocycles. The van der Waals surface area contributed by atoms with Crippen molar-refractivity contribution in [3.8, 4) is 5.75 Å². The molecule has 1 aromatic heterocycles. The average Bonchev–Trinajstić information content (AvgIpc) is 2.92. The van der Waals surface area contributed by atoms with E-state index in [-0.39, 0.29) is 23.9 Å². The molecule has 2 aromatic carbocycles. The predicted octanol–water partition coefficient (Wildman–Crippen LogP) is 3.57. The number of carbonyl (C=O) groups excluding carboxylic acids is 2. The number of hydrogen-bond donors (Lipinski definition) is 0. The van der Waals surface area contributed by atoms with Crippen molar-refractivity contribution in [1.82, 2.24) is 19.8 Å². The van der Waals surface area contributed by atoms with Gasteiger partial charge in [-0.1, -0.05) is 42.5 Å². The smallest absolute Gasteiger partial charge is 0.274 e. The van der Waals surface area contributed by atoms with Crippen LogP contribution in [0.1, 0.15) is 35.1 Å². The Hall–Kier alpha value is -3.94. The molecule has 0 bridgehead atoms. The van der Waals surface area contributed by atoms with Crippen molar-refractivity contribution in [1.29, 1.82) is 0 Å². The Kier molecular flexibility index (Phi) is 8.49. The molecule has 188 valence electrons. The molecular formula is C28H33N5O3. The van der Waals surface area contributed by atoms with Crippen LogP contribution in [0.15, 0.2) is 67.0 Å². The Morgan fingerprint density at radius 3 is 2.36 bits per heavy atom. The summed E-state index contributed by atoms with van der Waals surface area (Å²) in [5.41, 5.74) is 3.09. The molecule has 4 rings (SSSR count). The van der Waals surface area contributed by atoms with Gasteiger partial charge in [-0.15, -0.1) is 0 Å². The zero-order chi connectivity index (χ0) is 25.3. The fourth-order valence-electron chi connectivity index (χ4n) is 4.30. The highest BCUT2D eigenvalue weighted by atomic mass is 16.5. The fourth-order valence-corrected chi connectivity index (χ4v) is 4.30. The van der Waals surface area contributed by atoms with Crippen LogP contribution in [0.25, 0.3) is 0 Å². The third-order valence-electron chi connectivity index (χ3n) is 6.24. The Bertz CT molecular complexity index is 1150. The van der Waals surface area contributed by atoms with Crippen LogP contribution in [0.3, 0.4) is 0 Å². The van der Waals surface area contributed by atoms with E-state index >= 15 is 0 Å². The number of carbonyl (C=O) groups is 2. The van der Waals surface area contributed by atoms with E-state index in [2.05, 4.69) is 20.9 Å². The van der Waals surface area contributed by atoms with Crippen LogP contribution >= 0.6 is 0 Å². The monoisotopic (exact) mass is 487 g/mol. The number of aryl methyl sites for hydroxylation is 1. The standard InChI is InChI=1S/C28H33N5O3/c1-3-36-26-12-8-7-11-25(26)31-15-17-32(18-16-31)27(34)13-14-33(21-23-9-5-4-6-10-23)28(35)24-20-29-22(2)19-30-24/h4-12,19-20H,3,13-18,21H2,1-2H3. The van der Waals surface area contributed by atoms with E-state index in [0.29, 0.717) is 32.8 Å². The number of anilines is 1. The summed E-state index contributed by atoms with van der Waals surface area (Å²) in [4.78, 5) is 40.6. The zero-order valence-electron chi connectivity index (χ0n) is 21.0. The van der Waals surface area contributed by atoms with Gasteiger partial charge in [-0.25, -0.2) is 4.98 Å². The topological polar surface area (TPSA) is 78.9 Å². The molecule has 0 saturated carbocycles. The summed E-state index contributed by atoms with van der Waals surface area (Å²) in [5, 5.41) is 0. The van der Waals surface area contributed by atoms with Crippen LogP contribution in [-0.2, 0) is 11.3 Å². The van der Waals surface area contributed by atoms with E-state index in [4.69, 9.17) is 4.74 Å². The highest BCUT2D eigenvalue weighted by Gasteiger charge is 2.25. The second kappa shape index (κ2) is 12.2. The molecule has 0 atom stereocenters. The van der Waals surface area contributed by atoms with Gasteiger partial charge in [0, 0.05) is 51.9 Å². The lowest BCUT2D eigenvalue weighted by atomic mass is 10.2. The first kappa shape index (κ1) is 25.2. The lowest BCUT2D eigenvalue weighted by molar-refractivity contribution is -0.131. The normalized spacial score (nSPS) is 13.4. The fraction of sp³-hybridized carbons (Fsp3) is 0.357. The molecular weight excluding hydrogens is 454 g/mol. The van der Waals surface area contributed by atoms with E-state index in [1.165, 1.54) is 6.20 Å². The highest BCUT2D eigenvalue weighted by molar-refractivity contribution is 5.92. The van der Waals surface area contributed by atoms with Gasteiger partial charge in [-0.05, 0) is 31.5 Å². The summed E-state index contributed by atoms with van der Waals surface area (Å²) in [6.45, 7) is 7.89. The Morgan fingerprint density at radius 2 is 1.67 bits per heavy atom. The molecule has 2 amide bonds. The number of hydrogen-bond acceptors (Lipinski definition) is 6. The van der Waals surface area contributed by atoms with Crippen molar-refractivity contribution in [2.75, 3.05) is 44.2 Å². The third-order valence-corrected chi connectivity index (χ3v) is 6.24.